The van der Waals surface area contributed by atoms with Crippen LogP contribution in [0.3, 0.4) is 0 Å². The fourth-order valence-electron chi connectivity index (χ4n) is 1.32. The SMILES string of the molecule is C1=CCCC(NCC2=COC=CO2)=C1. The molecule has 1 heterocycles. The summed E-state index contributed by atoms with van der Waals surface area (Å²) in [4.78, 5) is 0. The van der Waals surface area contributed by atoms with Gasteiger partial charge in [0.25, 0.3) is 0 Å². The second-order valence-electron chi connectivity index (χ2n) is 3.12. The lowest BCUT2D eigenvalue weighted by Gasteiger charge is -2.14. The Kier molecular flexibility index (Phi) is 2.91. The van der Waals surface area contributed by atoms with Gasteiger partial charge < -0.3 is 14.8 Å². The average Bonchev–Trinajstić information content (AvgIpc) is 2.29. The van der Waals surface area contributed by atoms with Gasteiger partial charge in [-0.1, -0.05) is 12.2 Å². The summed E-state index contributed by atoms with van der Waals surface area (Å²) in [5, 5.41) is 3.29. The highest BCUT2D eigenvalue weighted by atomic mass is 16.5. The van der Waals surface area contributed by atoms with E-state index in [2.05, 4.69) is 23.5 Å². The van der Waals surface area contributed by atoms with Gasteiger partial charge in [0.1, 0.15) is 18.8 Å². The lowest BCUT2D eigenvalue weighted by Crippen LogP contribution is -2.18. The Hall–Kier alpha value is -1.64. The van der Waals surface area contributed by atoms with E-state index in [1.165, 1.54) is 18.2 Å². The van der Waals surface area contributed by atoms with E-state index in [4.69, 9.17) is 9.47 Å². The first-order valence-corrected chi connectivity index (χ1v) is 4.71. The van der Waals surface area contributed by atoms with Crippen molar-refractivity contribution in [3.8, 4) is 0 Å². The molecule has 0 aromatic heterocycles. The number of hydrogen-bond acceptors (Lipinski definition) is 3. The molecule has 74 valence electrons. The number of rotatable bonds is 3. The summed E-state index contributed by atoms with van der Waals surface area (Å²) < 4.78 is 10.2. The van der Waals surface area contributed by atoms with Crippen LogP contribution < -0.4 is 5.32 Å². The molecule has 0 saturated heterocycles. The minimum atomic E-state index is 0.671. The molecule has 1 N–H and O–H groups in total. The predicted molar refractivity (Wildman–Crippen MR) is 53.9 cm³/mol. The average molecular weight is 191 g/mol. The maximum Gasteiger partial charge on any atom is 0.157 e. The van der Waals surface area contributed by atoms with E-state index in [9.17, 15) is 0 Å². The quantitative estimate of drug-likeness (QED) is 0.741. The molecule has 0 fully saturated rings. The number of nitrogens with one attached hydrogen (secondary N) is 1. The van der Waals surface area contributed by atoms with Crippen molar-refractivity contribution in [3.05, 3.63) is 48.5 Å². The van der Waals surface area contributed by atoms with E-state index in [0.29, 0.717) is 6.54 Å². The Balaban J connectivity index is 1.79. The monoisotopic (exact) mass is 191 g/mol. The van der Waals surface area contributed by atoms with Crippen LogP contribution in [0.15, 0.2) is 48.5 Å². The maximum absolute atomic E-state index is 5.22. The molecule has 0 atom stereocenters. The number of ether oxygens (including phenoxy) is 2. The molecule has 0 aromatic rings. The molecule has 0 saturated carbocycles. The predicted octanol–water partition coefficient (Wildman–Crippen LogP) is 2.17. The van der Waals surface area contributed by atoms with Crippen molar-refractivity contribution in [2.45, 2.75) is 12.8 Å². The van der Waals surface area contributed by atoms with Crippen molar-refractivity contribution in [1.82, 2.24) is 5.32 Å². The third-order valence-corrected chi connectivity index (χ3v) is 2.06. The van der Waals surface area contributed by atoms with E-state index >= 15 is 0 Å². The van der Waals surface area contributed by atoms with Crippen LogP contribution in [-0.2, 0) is 9.47 Å². The maximum atomic E-state index is 5.22. The van der Waals surface area contributed by atoms with Crippen molar-refractivity contribution in [2.24, 2.45) is 0 Å². The van der Waals surface area contributed by atoms with Crippen LogP contribution in [0, 0.1) is 0 Å². The van der Waals surface area contributed by atoms with Gasteiger partial charge in [-0.05, 0) is 18.9 Å². The molecule has 0 aromatic carbocycles. The minimum absolute atomic E-state index is 0.671. The van der Waals surface area contributed by atoms with Gasteiger partial charge in [0.15, 0.2) is 5.76 Å². The molecule has 3 heteroatoms. The van der Waals surface area contributed by atoms with Crippen molar-refractivity contribution in [1.29, 1.82) is 0 Å². The van der Waals surface area contributed by atoms with Gasteiger partial charge in [0.2, 0.25) is 0 Å². The third-order valence-electron chi connectivity index (χ3n) is 2.06. The molecule has 0 bridgehead atoms. The fourth-order valence-corrected chi connectivity index (χ4v) is 1.32. The van der Waals surface area contributed by atoms with Crippen molar-refractivity contribution in [3.63, 3.8) is 0 Å². The van der Waals surface area contributed by atoms with Crippen LogP contribution in [0.1, 0.15) is 12.8 Å². The van der Waals surface area contributed by atoms with Gasteiger partial charge in [-0.15, -0.1) is 0 Å². The molecule has 0 unspecified atom stereocenters. The molecular formula is C11H13NO2. The zero-order chi connectivity index (χ0) is 9.64. The van der Waals surface area contributed by atoms with Gasteiger partial charge in [-0.25, -0.2) is 0 Å². The van der Waals surface area contributed by atoms with E-state index < -0.39 is 0 Å². The molecule has 0 amide bonds. The van der Waals surface area contributed by atoms with Crippen LogP contribution in [0.4, 0.5) is 0 Å². The molecule has 0 spiro atoms. The molecular weight excluding hydrogens is 178 g/mol. The highest BCUT2D eigenvalue weighted by Gasteiger charge is 2.03. The van der Waals surface area contributed by atoms with Crippen LogP contribution in [0.5, 0.6) is 0 Å². The third kappa shape index (κ3) is 2.42. The van der Waals surface area contributed by atoms with Crippen LogP contribution >= 0.6 is 0 Å². The molecule has 3 nitrogen and oxygen atoms in total. The second kappa shape index (κ2) is 4.56. The van der Waals surface area contributed by atoms with E-state index in [-0.39, 0.29) is 0 Å². The summed E-state index contributed by atoms with van der Waals surface area (Å²) in [6, 6.07) is 0. The molecule has 0 radical (unpaired) electrons. The summed E-state index contributed by atoms with van der Waals surface area (Å²) in [6.07, 6.45) is 13.1. The van der Waals surface area contributed by atoms with E-state index in [0.717, 1.165) is 18.6 Å². The first-order chi connectivity index (χ1) is 6.95. The summed E-state index contributed by atoms with van der Waals surface area (Å²) in [7, 11) is 0. The number of hydrogen-bond donors (Lipinski definition) is 1. The highest BCUT2D eigenvalue weighted by molar-refractivity contribution is 5.17. The smallest absolute Gasteiger partial charge is 0.157 e. The Morgan fingerprint density at radius 3 is 3.07 bits per heavy atom. The van der Waals surface area contributed by atoms with Crippen LogP contribution in [0.2, 0.25) is 0 Å². The topological polar surface area (TPSA) is 30.5 Å². The standard InChI is InChI=1S/C11H13NO2/c1-2-4-10(5-3-1)12-8-11-9-13-6-7-14-11/h1-2,4,6-7,9,12H,3,5,8H2. The Labute approximate surface area is 83.4 Å². The lowest BCUT2D eigenvalue weighted by atomic mass is 10.1. The first kappa shape index (κ1) is 8.94. The highest BCUT2D eigenvalue weighted by Crippen LogP contribution is 2.10. The zero-order valence-corrected chi connectivity index (χ0v) is 7.90. The summed E-state index contributed by atoms with van der Waals surface area (Å²) in [6.45, 7) is 0.671. The molecule has 14 heavy (non-hydrogen) atoms. The zero-order valence-electron chi connectivity index (χ0n) is 7.90. The van der Waals surface area contributed by atoms with Gasteiger partial charge in [0, 0.05) is 5.70 Å². The Morgan fingerprint density at radius 1 is 1.36 bits per heavy atom. The van der Waals surface area contributed by atoms with Gasteiger partial charge in [-0.3, -0.25) is 0 Å². The second-order valence-corrected chi connectivity index (χ2v) is 3.12. The Bertz CT molecular complexity index is 313. The Morgan fingerprint density at radius 2 is 2.36 bits per heavy atom. The lowest BCUT2D eigenvalue weighted by molar-refractivity contribution is 0.250. The van der Waals surface area contributed by atoms with Crippen LogP contribution in [0.25, 0.3) is 0 Å². The minimum Gasteiger partial charge on any atom is -0.466 e. The molecule has 1 aliphatic carbocycles. The summed E-state index contributed by atoms with van der Waals surface area (Å²) in [5.74, 6) is 0.794. The van der Waals surface area contributed by atoms with Gasteiger partial charge >= 0.3 is 0 Å². The van der Waals surface area contributed by atoms with Crippen molar-refractivity contribution < 1.29 is 9.47 Å². The first-order valence-electron chi connectivity index (χ1n) is 4.71. The van der Waals surface area contributed by atoms with E-state index in [1.54, 1.807) is 6.26 Å². The van der Waals surface area contributed by atoms with Gasteiger partial charge in [-0.2, -0.15) is 0 Å². The fraction of sp³-hybridized carbons (Fsp3) is 0.273. The number of allylic oxidation sites excluding steroid dienone is 4. The van der Waals surface area contributed by atoms with Crippen molar-refractivity contribution in [2.75, 3.05) is 6.54 Å². The molecule has 2 rings (SSSR count). The van der Waals surface area contributed by atoms with Crippen molar-refractivity contribution >= 4 is 0 Å². The molecule has 1 aliphatic heterocycles. The van der Waals surface area contributed by atoms with Crippen LogP contribution in [-0.4, -0.2) is 6.54 Å². The van der Waals surface area contributed by atoms with E-state index in [1.807, 2.05) is 0 Å². The molecule has 2 aliphatic rings. The summed E-state index contributed by atoms with van der Waals surface area (Å²) >= 11 is 0. The normalized spacial score (nSPS) is 19.1. The largest absolute Gasteiger partial charge is 0.466 e. The van der Waals surface area contributed by atoms with Gasteiger partial charge in [0.05, 0.1) is 6.54 Å². The summed E-state index contributed by atoms with van der Waals surface area (Å²) in [5.41, 5.74) is 1.24.